The van der Waals surface area contributed by atoms with E-state index in [1.54, 1.807) is 0 Å². The van der Waals surface area contributed by atoms with Gasteiger partial charge in [-0.2, -0.15) is 0 Å². The second kappa shape index (κ2) is 6.49. The number of carbonyl (C=O) groups excluding carboxylic acids is 1. The van der Waals surface area contributed by atoms with Crippen LogP contribution in [0.15, 0.2) is 12.2 Å². The zero-order valence-electron chi connectivity index (χ0n) is 13.0. The molecular formula is C17H28N2O2. The Labute approximate surface area is 127 Å². The molecule has 1 atom stereocenters. The van der Waals surface area contributed by atoms with Crippen LogP contribution in [0.4, 0.5) is 0 Å². The van der Waals surface area contributed by atoms with Gasteiger partial charge in [0.1, 0.15) is 0 Å². The quantitative estimate of drug-likeness (QED) is 0.807. The summed E-state index contributed by atoms with van der Waals surface area (Å²) in [5, 5.41) is 10.8. The Hall–Kier alpha value is -0.870. The lowest BCUT2D eigenvalue weighted by atomic mass is 9.88. The van der Waals surface area contributed by atoms with Crippen LogP contribution in [0.2, 0.25) is 0 Å². The van der Waals surface area contributed by atoms with Crippen molar-refractivity contribution in [3.05, 3.63) is 12.2 Å². The molecule has 0 aromatic rings. The van der Waals surface area contributed by atoms with Crippen LogP contribution in [-0.4, -0.2) is 59.1 Å². The second-order valence-electron chi connectivity index (χ2n) is 7.01. The van der Waals surface area contributed by atoms with Gasteiger partial charge in [-0.1, -0.05) is 12.2 Å². The summed E-state index contributed by atoms with van der Waals surface area (Å²) in [6.45, 7) is 4.49. The number of allylic oxidation sites excluding steroid dienone is 2. The lowest BCUT2D eigenvalue weighted by Gasteiger charge is -2.41. The molecule has 3 aliphatic rings. The maximum absolute atomic E-state index is 12.5. The number of nitrogens with zero attached hydrogens (tertiary/aromatic N) is 2. The van der Waals surface area contributed by atoms with E-state index in [1.807, 2.05) is 4.90 Å². The highest BCUT2D eigenvalue weighted by Crippen LogP contribution is 2.28. The summed E-state index contributed by atoms with van der Waals surface area (Å²) in [5.74, 6) is 0.488. The van der Waals surface area contributed by atoms with E-state index in [-0.39, 0.29) is 5.92 Å². The van der Waals surface area contributed by atoms with Crippen molar-refractivity contribution < 1.29 is 9.90 Å². The van der Waals surface area contributed by atoms with Gasteiger partial charge in [-0.05, 0) is 58.0 Å². The van der Waals surface area contributed by atoms with Crippen molar-refractivity contribution in [3.63, 3.8) is 0 Å². The van der Waals surface area contributed by atoms with Crippen molar-refractivity contribution >= 4 is 5.91 Å². The molecule has 1 aliphatic carbocycles. The number of hydrogen-bond donors (Lipinski definition) is 1. The van der Waals surface area contributed by atoms with Crippen LogP contribution in [0.1, 0.15) is 44.9 Å². The van der Waals surface area contributed by atoms with Crippen LogP contribution in [0.5, 0.6) is 0 Å². The molecule has 0 bridgehead atoms. The first-order valence-electron chi connectivity index (χ1n) is 8.55. The van der Waals surface area contributed by atoms with E-state index >= 15 is 0 Å². The fraction of sp³-hybridized carbons (Fsp3) is 0.824. The molecule has 0 saturated carbocycles. The van der Waals surface area contributed by atoms with Gasteiger partial charge in [0.25, 0.3) is 0 Å². The van der Waals surface area contributed by atoms with Gasteiger partial charge in [-0.3, -0.25) is 4.79 Å². The lowest BCUT2D eigenvalue weighted by Crippen LogP contribution is -2.52. The molecular weight excluding hydrogens is 264 g/mol. The average Bonchev–Trinajstić information content (AvgIpc) is 3.00. The number of rotatable bonds is 3. The molecule has 0 aromatic heterocycles. The average molecular weight is 292 g/mol. The van der Waals surface area contributed by atoms with Crippen molar-refractivity contribution in [2.75, 3.05) is 32.7 Å². The van der Waals surface area contributed by atoms with Gasteiger partial charge in [0.05, 0.1) is 5.60 Å². The van der Waals surface area contributed by atoms with Crippen molar-refractivity contribution in [1.29, 1.82) is 0 Å². The van der Waals surface area contributed by atoms with Gasteiger partial charge in [0.2, 0.25) is 5.91 Å². The topological polar surface area (TPSA) is 43.8 Å². The predicted octanol–water partition coefficient (Wildman–Crippen LogP) is 1.79. The van der Waals surface area contributed by atoms with Crippen LogP contribution in [0.3, 0.4) is 0 Å². The summed E-state index contributed by atoms with van der Waals surface area (Å²) in [6.07, 6.45) is 11.2. The molecule has 4 heteroatoms. The summed E-state index contributed by atoms with van der Waals surface area (Å²) >= 11 is 0. The normalized spacial score (nSPS) is 29.8. The van der Waals surface area contributed by atoms with E-state index in [4.69, 9.17) is 0 Å². The fourth-order valence-electron chi connectivity index (χ4n) is 3.93. The molecule has 21 heavy (non-hydrogen) atoms. The zero-order chi connectivity index (χ0) is 14.7. The van der Waals surface area contributed by atoms with Crippen molar-refractivity contribution in [3.8, 4) is 0 Å². The Morgan fingerprint density at radius 2 is 1.86 bits per heavy atom. The molecule has 0 radical (unpaired) electrons. The molecule has 3 rings (SSSR count). The van der Waals surface area contributed by atoms with Crippen LogP contribution in [0.25, 0.3) is 0 Å². The maximum atomic E-state index is 12.5. The number of β-amino-alcohol motifs (C(OH)–C–C–N with tert-alkyl or cyclic N) is 1. The molecule has 4 nitrogen and oxygen atoms in total. The molecule has 2 heterocycles. The Morgan fingerprint density at radius 3 is 2.48 bits per heavy atom. The van der Waals surface area contributed by atoms with Gasteiger partial charge >= 0.3 is 0 Å². The highest BCUT2D eigenvalue weighted by molar-refractivity contribution is 5.79. The number of amides is 1. The highest BCUT2D eigenvalue weighted by atomic mass is 16.3. The minimum absolute atomic E-state index is 0.180. The first kappa shape index (κ1) is 15.0. The van der Waals surface area contributed by atoms with Crippen LogP contribution in [-0.2, 0) is 4.79 Å². The molecule has 0 aromatic carbocycles. The molecule has 0 spiro atoms. The Bertz CT molecular complexity index is 394. The molecule has 118 valence electrons. The van der Waals surface area contributed by atoms with Gasteiger partial charge < -0.3 is 14.9 Å². The van der Waals surface area contributed by atoms with Crippen LogP contribution >= 0.6 is 0 Å². The first-order valence-corrected chi connectivity index (χ1v) is 8.55. The molecule has 2 aliphatic heterocycles. The van der Waals surface area contributed by atoms with E-state index in [2.05, 4.69) is 17.1 Å². The van der Waals surface area contributed by atoms with E-state index in [0.717, 1.165) is 64.8 Å². The van der Waals surface area contributed by atoms with E-state index in [0.29, 0.717) is 5.91 Å². The summed E-state index contributed by atoms with van der Waals surface area (Å²) in [4.78, 5) is 16.9. The SMILES string of the molecule is O=C(C1CC=CCC1)N1CCC(O)(CN2CCCC2)CC1. The van der Waals surface area contributed by atoms with E-state index in [9.17, 15) is 9.90 Å². The van der Waals surface area contributed by atoms with Crippen molar-refractivity contribution in [2.45, 2.75) is 50.5 Å². The summed E-state index contributed by atoms with van der Waals surface area (Å²) in [5.41, 5.74) is -0.576. The predicted molar refractivity (Wildman–Crippen MR) is 82.9 cm³/mol. The van der Waals surface area contributed by atoms with Crippen LogP contribution < -0.4 is 0 Å². The summed E-state index contributed by atoms with van der Waals surface area (Å²) in [7, 11) is 0. The molecule has 2 saturated heterocycles. The van der Waals surface area contributed by atoms with Gasteiger partial charge in [0, 0.05) is 25.6 Å². The first-order chi connectivity index (χ1) is 10.2. The fourth-order valence-corrected chi connectivity index (χ4v) is 3.93. The number of piperidine rings is 1. The zero-order valence-corrected chi connectivity index (χ0v) is 13.0. The Morgan fingerprint density at radius 1 is 1.14 bits per heavy atom. The van der Waals surface area contributed by atoms with E-state index in [1.165, 1.54) is 12.8 Å². The minimum atomic E-state index is -0.576. The van der Waals surface area contributed by atoms with Gasteiger partial charge in [0.15, 0.2) is 0 Å². The minimum Gasteiger partial charge on any atom is -0.388 e. The third-order valence-electron chi connectivity index (χ3n) is 5.34. The number of likely N-dealkylation sites (tertiary alicyclic amines) is 2. The number of hydrogen-bond acceptors (Lipinski definition) is 3. The molecule has 1 N–H and O–H groups in total. The maximum Gasteiger partial charge on any atom is 0.226 e. The van der Waals surface area contributed by atoms with E-state index < -0.39 is 5.60 Å². The lowest BCUT2D eigenvalue weighted by molar-refractivity contribution is -0.140. The monoisotopic (exact) mass is 292 g/mol. The number of carbonyl (C=O) groups is 1. The molecule has 1 unspecified atom stereocenters. The van der Waals surface area contributed by atoms with Gasteiger partial charge in [-0.25, -0.2) is 0 Å². The smallest absolute Gasteiger partial charge is 0.226 e. The van der Waals surface area contributed by atoms with Crippen LogP contribution in [0, 0.1) is 5.92 Å². The number of aliphatic hydroxyl groups is 1. The Balaban J connectivity index is 1.49. The summed E-state index contributed by atoms with van der Waals surface area (Å²) < 4.78 is 0. The van der Waals surface area contributed by atoms with Crippen molar-refractivity contribution in [1.82, 2.24) is 9.80 Å². The molecule has 2 fully saturated rings. The largest absolute Gasteiger partial charge is 0.388 e. The highest BCUT2D eigenvalue weighted by Gasteiger charge is 2.37. The summed E-state index contributed by atoms with van der Waals surface area (Å²) in [6, 6.07) is 0. The second-order valence-corrected chi connectivity index (χ2v) is 7.01. The molecule has 1 amide bonds. The van der Waals surface area contributed by atoms with Gasteiger partial charge in [-0.15, -0.1) is 0 Å². The van der Waals surface area contributed by atoms with Crippen molar-refractivity contribution in [2.24, 2.45) is 5.92 Å². The third kappa shape index (κ3) is 3.67. The Kier molecular flexibility index (Phi) is 4.65. The standard InChI is InChI=1S/C17H28N2O2/c20-16(15-6-2-1-3-7-15)19-12-8-17(21,9-13-19)14-18-10-4-5-11-18/h1-2,15,21H,3-14H2. The third-order valence-corrected chi connectivity index (χ3v) is 5.34.